The molecule has 0 bridgehead atoms. The van der Waals surface area contributed by atoms with Gasteiger partial charge in [-0.2, -0.15) is 5.26 Å². The second kappa shape index (κ2) is 8.36. The van der Waals surface area contributed by atoms with Crippen LogP contribution in [-0.2, 0) is 4.74 Å². The first-order valence-corrected chi connectivity index (χ1v) is 10.5. The van der Waals surface area contributed by atoms with Crippen LogP contribution < -0.4 is 20.1 Å². The molecule has 2 amide bonds. The lowest BCUT2D eigenvalue weighted by Crippen LogP contribution is -2.30. The van der Waals surface area contributed by atoms with Crippen molar-refractivity contribution in [1.29, 1.82) is 5.26 Å². The Labute approximate surface area is 185 Å². The molecule has 2 heterocycles. The molecule has 5 rings (SSSR count). The Kier molecular flexibility index (Phi) is 5.25. The van der Waals surface area contributed by atoms with Crippen LogP contribution in [0.4, 0.5) is 10.5 Å². The van der Waals surface area contributed by atoms with E-state index in [0.717, 1.165) is 24.1 Å². The number of fused-ring (bicyclic) bond motifs is 1. The van der Waals surface area contributed by atoms with Crippen LogP contribution in [0.3, 0.4) is 0 Å². The second-order valence-electron chi connectivity index (χ2n) is 8.00. The summed E-state index contributed by atoms with van der Waals surface area (Å²) in [5.41, 5.74) is 2.68. The van der Waals surface area contributed by atoms with Gasteiger partial charge in [-0.1, -0.05) is 0 Å². The van der Waals surface area contributed by atoms with Crippen molar-refractivity contribution in [3.63, 3.8) is 0 Å². The van der Waals surface area contributed by atoms with Crippen LogP contribution in [0.2, 0.25) is 0 Å². The summed E-state index contributed by atoms with van der Waals surface area (Å²) in [6, 6.07) is 13.0. The first-order valence-electron chi connectivity index (χ1n) is 10.5. The Morgan fingerprint density at radius 2 is 2.09 bits per heavy atom. The van der Waals surface area contributed by atoms with Crippen LogP contribution in [0.5, 0.6) is 17.2 Å². The lowest BCUT2D eigenvalue weighted by Gasteiger charge is -2.14. The van der Waals surface area contributed by atoms with Gasteiger partial charge in [-0.05, 0) is 55.7 Å². The second-order valence-corrected chi connectivity index (χ2v) is 8.00. The maximum Gasteiger partial charge on any atom is 0.319 e. The zero-order chi connectivity index (χ0) is 22.1. The average Bonchev–Trinajstić information content (AvgIpc) is 3.70. The van der Waals surface area contributed by atoms with E-state index in [-0.39, 0.29) is 12.1 Å². The topological polar surface area (TPSA) is 109 Å². The standard InChI is InChI=1S/C24H22N4O4/c1-14-8-17(4-5-20(14)28-24(29)27-16-2-3-16)32-22-6-7-26-21-10-23(31-13-18-12-30-18)15(11-25)9-19(21)22/h4-10,16,18H,2-3,12-13H2,1H3,(H2,27,28,29). The molecule has 8 heteroatoms. The summed E-state index contributed by atoms with van der Waals surface area (Å²) in [7, 11) is 0. The molecule has 1 aliphatic carbocycles. The molecule has 162 valence electrons. The smallest absolute Gasteiger partial charge is 0.319 e. The number of ether oxygens (including phenoxy) is 3. The van der Waals surface area contributed by atoms with E-state index in [9.17, 15) is 10.1 Å². The number of nitriles is 1. The van der Waals surface area contributed by atoms with Gasteiger partial charge >= 0.3 is 6.03 Å². The monoisotopic (exact) mass is 430 g/mol. The molecular formula is C24H22N4O4. The molecule has 1 saturated heterocycles. The quantitative estimate of drug-likeness (QED) is 0.542. The zero-order valence-corrected chi connectivity index (χ0v) is 17.6. The van der Waals surface area contributed by atoms with E-state index in [4.69, 9.17) is 14.2 Å². The van der Waals surface area contributed by atoms with Gasteiger partial charge in [-0.25, -0.2) is 4.79 Å². The van der Waals surface area contributed by atoms with Gasteiger partial charge in [0.1, 0.15) is 36.0 Å². The lowest BCUT2D eigenvalue weighted by atomic mass is 10.1. The van der Waals surface area contributed by atoms with Gasteiger partial charge in [-0.15, -0.1) is 0 Å². The summed E-state index contributed by atoms with van der Waals surface area (Å²) in [5, 5.41) is 16.1. The molecule has 2 aliphatic rings. The number of carbonyl (C=O) groups excluding carboxylic acids is 1. The molecule has 2 aromatic carbocycles. The van der Waals surface area contributed by atoms with Crippen LogP contribution in [0.1, 0.15) is 24.0 Å². The van der Waals surface area contributed by atoms with E-state index in [1.54, 1.807) is 30.5 Å². The molecule has 1 atom stereocenters. The van der Waals surface area contributed by atoms with Gasteiger partial charge < -0.3 is 24.8 Å². The summed E-state index contributed by atoms with van der Waals surface area (Å²) in [6.45, 7) is 3.00. The zero-order valence-electron chi connectivity index (χ0n) is 17.6. The Bertz CT molecular complexity index is 1230. The summed E-state index contributed by atoms with van der Waals surface area (Å²) in [6.07, 6.45) is 3.83. The van der Waals surface area contributed by atoms with Crippen molar-refractivity contribution in [3.05, 3.63) is 53.7 Å². The molecule has 0 spiro atoms. The number of epoxide rings is 1. The molecule has 1 aliphatic heterocycles. The van der Waals surface area contributed by atoms with Crippen LogP contribution in [-0.4, -0.2) is 36.4 Å². The molecule has 1 saturated carbocycles. The van der Waals surface area contributed by atoms with E-state index < -0.39 is 0 Å². The van der Waals surface area contributed by atoms with Crippen molar-refractivity contribution in [2.24, 2.45) is 0 Å². The molecular weight excluding hydrogens is 408 g/mol. The highest BCUT2D eigenvalue weighted by molar-refractivity contribution is 5.91. The third-order valence-electron chi connectivity index (χ3n) is 5.34. The number of urea groups is 1. The van der Waals surface area contributed by atoms with Crippen molar-refractivity contribution in [3.8, 4) is 23.3 Å². The van der Waals surface area contributed by atoms with Crippen LogP contribution in [0.25, 0.3) is 10.9 Å². The van der Waals surface area contributed by atoms with Crippen LogP contribution in [0, 0.1) is 18.3 Å². The fraction of sp³-hybridized carbons (Fsp3) is 0.292. The number of nitrogens with one attached hydrogen (secondary N) is 2. The van der Waals surface area contributed by atoms with Gasteiger partial charge in [0.2, 0.25) is 0 Å². The summed E-state index contributed by atoms with van der Waals surface area (Å²) < 4.78 is 17.0. The minimum absolute atomic E-state index is 0.0975. The number of amides is 2. The Hall–Kier alpha value is -3.83. The van der Waals surface area contributed by atoms with Crippen LogP contribution >= 0.6 is 0 Å². The maximum atomic E-state index is 12.0. The van der Waals surface area contributed by atoms with E-state index in [1.165, 1.54) is 0 Å². The number of hydrogen-bond acceptors (Lipinski definition) is 6. The minimum atomic E-state index is -0.195. The summed E-state index contributed by atoms with van der Waals surface area (Å²) in [4.78, 5) is 16.4. The lowest BCUT2D eigenvalue weighted by molar-refractivity contribution is 0.251. The first kappa shape index (κ1) is 20.1. The molecule has 2 N–H and O–H groups in total. The van der Waals surface area contributed by atoms with Crippen molar-refractivity contribution in [1.82, 2.24) is 10.3 Å². The predicted octanol–water partition coefficient (Wildman–Crippen LogP) is 4.27. The number of rotatable bonds is 7. The Morgan fingerprint density at radius 3 is 2.81 bits per heavy atom. The minimum Gasteiger partial charge on any atom is -0.489 e. The normalized spacial score (nSPS) is 16.8. The highest BCUT2D eigenvalue weighted by Crippen LogP contribution is 2.34. The van der Waals surface area contributed by atoms with Crippen molar-refractivity contribution in [2.45, 2.75) is 31.9 Å². The molecule has 1 unspecified atom stereocenters. The number of pyridine rings is 1. The fourth-order valence-electron chi connectivity index (χ4n) is 3.33. The number of benzene rings is 2. The fourth-order valence-corrected chi connectivity index (χ4v) is 3.33. The van der Waals surface area contributed by atoms with E-state index in [2.05, 4.69) is 21.7 Å². The number of carbonyl (C=O) groups is 1. The van der Waals surface area contributed by atoms with E-state index in [1.807, 2.05) is 19.1 Å². The Morgan fingerprint density at radius 1 is 1.25 bits per heavy atom. The maximum absolute atomic E-state index is 12.0. The average molecular weight is 430 g/mol. The van der Waals surface area contributed by atoms with E-state index >= 15 is 0 Å². The summed E-state index contributed by atoms with van der Waals surface area (Å²) >= 11 is 0. The number of aromatic nitrogens is 1. The summed E-state index contributed by atoms with van der Waals surface area (Å²) in [5.74, 6) is 1.68. The highest BCUT2D eigenvalue weighted by Gasteiger charge is 2.24. The van der Waals surface area contributed by atoms with Crippen molar-refractivity contribution in [2.75, 3.05) is 18.5 Å². The number of aryl methyl sites for hydroxylation is 1. The van der Waals surface area contributed by atoms with E-state index in [0.29, 0.717) is 53.0 Å². The molecule has 8 nitrogen and oxygen atoms in total. The van der Waals surface area contributed by atoms with Gasteiger partial charge in [0.25, 0.3) is 0 Å². The molecule has 32 heavy (non-hydrogen) atoms. The SMILES string of the molecule is Cc1cc(Oc2ccnc3cc(OCC4CO4)c(C#N)cc23)ccc1NC(=O)NC1CC1. The number of anilines is 1. The molecule has 3 aromatic rings. The number of nitrogens with zero attached hydrogens (tertiary/aromatic N) is 2. The van der Waals surface area contributed by atoms with Gasteiger partial charge in [0.15, 0.2) is 0 Å². The number of hydrogen-bond donors (Lipinski definition) is 2. The third-order valence-corrected chi connectivity index (χ3v) is 5.34. The molecule has 2 fully saturated rings. The largest absolute Gasteiger partial charge is 0.489 e. The highest BCUT2D eigenvalue weighted by atomic mass is 16.6. The predicted molar refractivity (Wildman–Crippen MR) is 118 cm³/mol. The van der Waals surface area contributed by atoms with Gasteiger partial charge in [-0.3, -0.25) is 4.98 Å². The van der Waals surface area contributed by atoms with Gasteiger partial charge in [0.05, 0.1) is 17.7 Å². The van der Waals surface area contributed by atoms with Crippen LogP contribution in [0.15, 0.2) is 42.6 Å². The first-order chi connectivity index (χ1) is 15.6. The van der Waals surface area contributed by atoms with Crippen molar-refractivity contribution < 1.29 is 19.0 Å². The Balaban J connectivity index is 1.36. The van der Waals surface area contributed by atoms with Crippen molar-refractivity contribution >= 4 is 22.6 Å². The molecule has 0 radical (unpaired) electrons. The van der Waals surface area contributed by atoms with Gasteiger partial charge in [0, 0.05) is 29.4 Å². The third kappa shape index (κ3) is 4.58. The molecule has 1 aromatic heterocycles.